The maximum Gasteiger partial charge on any atom is 0.416 e. The van der Waals surface area contributed by atoms with E-state index in [2.05, 4.69) is 27.1 Å². The summed E-state index contributed by atoms with van der Waals surface area (Å²) in [5.41, 5.74) is 0.0511. The molecule has 0 atom stereocenters. The second kappa shape index (κ2) is 10.2. The lowest BCUT2D eigenvalue weighted by molar-refractivity contribution is -0.137. The number of piperazine rings is 1. The summed E-state index contributed by atoms with van der Waals surface area (Å²) in [7, 11) is 1.73. The van der Waals surface area contributed by atoms with Crippen molar-refractivity contribution in [2.75, 3.05) is 57.8 Å². The van der Waals surface area contributed by atoms with Crippen LogP contribution in [0.3, 0.4) is 0 Å². The predicted molar refractivity (Wildman–Crippen MR) is 104 cm³/mol. The van der Waals surface area contributed by atoms with Gasteiger partial charge in [0.2, 0.25) is 0 Å². The summed E-state index contributed by atoms with van der Waals surface area (Å²) in [4.78, 5) is 8.48. The van der Waals surface area contributed by atoms with Gasteiger partial charge < -0.3 is 15.5 Å². The van der Waals surface area contributed by atoms with Gasteiger partial charge in [-0.2, -0.15) is 13.2 Å². The van der Waals surface area contributed by atoms with Gasteiger partial charge in [-0.3, -0.25) is 9.89 Å². The van der Waals surface area contributed by atoms with Gasteiger partial charge >= 0.3 is 6.18 Å². The van der Waals surface area contributed by atoms with Crippen molar-refractivity contribution in [1.29, 1.82) is 0 Å². The molecule has 1 saturated heterocycles. The Morgan fingerprint density at radius 1 is 1.22 bits per heavy atom. The Kier molecular flexibility index (Phi) is 7.97. The third-order valence-electron chi connectivity index (χ3n) is 4.49. The molecule has 0 unspecified atom stereocenters. The molecule has 0 bridgehead atoms. The summed E-state index contributed by atoms with van der Waals surface area (Å²) in [5, 5.41) is 6.36. The summed E-state index contributed by atoms with van der Waals surface area (Å²) >= 11 is 0. The van der Waals surface area contributed by atoms with Crippen LogP contribution in [0.4, 0.5) is 18.9 Å². The first-order valence-corrected chi connectivity index (χ1v) is 9.14. The minimum Gasteiger partial charge on any atom is -0.369 e. The molecule has 8 heteroatoms. The van der Waals surface area contributed by atoms with E-state index in [-0.39, 0.29) is 0 Å². The highest BCUT2D eigenvalue weighted by atomic mass is 19.4. The predicted octanol–water partition coefficient (Wildman–Crippen LogP) is 2.57. The van der Waals surface area contributed by atoms with Gasteiger partial charge in [0, 0.05) is 52.0 Å². The highest BCUT2D eigenvalue weighted by Crippen LogP contribution is 2.31. The van der Waals surface area contributed by atoms with Gasteiger partial charge in [-0.15, -0.1) is 6.58 Å². The lowest BCUT2D eigenvalue weighted by atomic mass is 10.1. The van der Waals surface area contributed by atoms with Crippen molar-refractivity contribution in [1.82, 2.24) is 15.5 Å². The Labute approximate surface area is 158 Å². The SMILES string of the molecule is C=CCNC(=NC)NCCCN1CCN(c2cccc(C(F)(F)F)c2)CC1. The van der Waals surface area contributed by atoms with Crippen LogP contribution in [0.2, 0.25) is 0 Å². The highest BCUT2D eigenvalue weighted by Gasteiger charge is 2.31. The average molecular weight is 383 g/mol. The number of hydrogen-bond donors (Lipinski definition) is 2. The fraction of sp³-hybridized carbons (Fsp3) is 0.526. The Morgan fingerprint density at radius 3 is 2.59 bits per heavy atom. The van der Waals surface area contributed by atoms with Crippen LogP contribution in [0.5, 0.6) is 0 Å². The molecule has 1 fully saturated rings. The van der Waals surface area contributed by atoms with E-state index < -0.39 is 11.7 Å². The first kappa shape index (κ1) is 21.1. The maximum atomic E-state index is 12.9. The molecule has 5 nitrogen and oxygen atoms in total. The van der Waals surface area contributed by atoms with Crippen LogP contribution in [0, 0.1) is 0 Å². The van der Waals surface area contributed by atoms with E-state index in [0.29, 0.717) is 12.2 Å². The topological polar surface area (TPSA) is 42.9 Å². The number of aliphatic imine (C=N–C) groups is 1. The summed E-state index contributed by atoms with van der Waals surface area (Å²) in [6, 6.07) is 5.58. The minimum atomic E-state index is -4.30. The lowest BCUT2D eigenvalue weighted by Gasteiger charge is -2.36. The molecule has 1 aliphatic heterocycles. The molecule has 1 heterocycles. The molecule has 1 aliphatic rings. The Hall–Kier alpha value is -2.22. The Balaban J connectivity index is 1.72. The van der Waals surface area contributed by atoms with Gasteiger partial charge in [-0.1, -0.05) is 12.1 Å². The molecule has 0 saturated carbocycles. The molecule has 150 valence electrons. The minimum absolute atomic E-state index is 0.591. The summed E-state index contributed by atoms with van der Waals surface area (Å²) in [6.07, 6.45) is -1.55. The van der Waals surface area contributed by atoms with Gasteiger partial charge in [0.25, 0.3) is 0 Å². The van der Waals surface area contributed by atoms with Gasteiger partial charge in [-0.05, 0) is 31.2 Å². The number of rotatable bonds is 7. The number of anilines is 1. The molecule has 27 heavy (non-hydrogen) atoms. The first-order valence-electron chi connectivity index (χ1n) is 9.14. The monoisotopic (exact) mass is 383 g/mol. The Morgan fingerprint density at radius 2 is 1.96 bits per heavy atom. The van der Waals surface area contributed by atoms with Crippen LogP contribution in [-0.4, -0.2) is 63.7 Å². The van der Waals surface area contributed by atoms with E-state index in [4.69, 9.17) is 0 Å². The number of halogens is 3. The average Bonchev–Trinajstić information content (AvgIpc) is 2.67. The number of alkyl halides is 3. The number of guanidine groups is 1. The summed E-state index contributed by atoms with van der Waals surface area (Å²) < 4.78 is 38.6. The number of hydrogen-bond acceptors (Lipinski definition) is 3. The molecule has 1 aromatic carbocycles. The van der Waals surface area contributed by atoms with E-state index in [0.717, 1.165) is 57.7 Å². The maximum absolute atomic E-state index is 12.9. The molecular weight excluding hydrogens is 355 g/mol. The van der Waals surface area contributed by atoms with Gasteiger partial charge in [0.1, 0.15) is 0 Å². The second-order valence-corrected chi connectivity index (χ2v) is 6.40. The fourth-order valence-electron chi connectivity index (χ4n) is 3.01. The van der Waals surface area contributed by atoms with Crippen molar-refractivity contribution in [2.45, 2.75) is 12.6 Å². The molecule has 2 rings (SSSR count). The van der Waals surface area contributed by atoms with E-state index >= 15 is 0 Å². The van der Waals surface area contributed by atoms with Gasteiger partial charge in [0.05, 0.1) is 5.56 Å². The zero-order chi connectivity index (χ0) is 19.7. The molecule has 0 aliphatic carbocycles. The lowest BCUT2D eigenvalue weighted by Crippen LogP contribution is -2.47. The van der Waals surface area contributed by atoms with E-state index in [1.165, 1.54) is 12.1 Å². The molecule has 0 amide bonds. The largest absolute Gasteiger partial charge is 0.416 e. The van der Waals surface area contributed by atoms with Crippen molar-refractivity contribution >= 4 is 11.6 Å². The number of nitrogens with zero attached hydrogens (tertiary/aromatic N) is 3. The third kappa shape index (κ3) is 6.78. The van der Waals surface area contributed by atoms with Crippen LogP contribution in [0.15, 0.2) is 41.9 Å². The quantitative estimate of drug-likeness (QED) is 0.329. The van der Waals surface area contributed by atoms with E-state index in [1.54, 1.807) is 19.2 Å². The standard InChI is InChI=1S/C19H28F3N5/c1-3-8-24-18(23-2)25-9-5-10-26-11-13-27(14-12-26)17-7-4-6-16(15-17)19(20,21)22/h3-4,6-7,15H,1,5,8-14H2,2H3,(H2,23,24,25). The van der Waals surface area contributed by atoms with Crippen molar-refractivity contribution in [3.05, 3.63) is 42.5 Å². The summed E-state index contributed by atoms with van der Waals surface area (Å²) in [6.45, 7) is 9.24. The third-order valence-corrected chi connectivity index (χ3v) is 4.49. The van der Waals surface area contributed by atoms with Crippen molar-refractivity contribution in [3.8, 4) is 0 Å². The zero-order valence-corrected chi connectivity index (χ0v) is 15.7. The molecule has 0 radical (unpaired) electrons. The van der Waals surface area contributed by atoms with Crippen molar-refractivity contribution in [3.63, 3.8) is 0 Å². The van der Waals surface area contributed by atoms with E-state index in [9.17, 15) is 13.2 Å². The molecule has 2 N–H and O–H groups in total. The van der Waals surface area contributed by atoms with E-state index in [1.807, 2.05) is 4.90 Å². The van der Waals surface area contributed by atoms with Crippen LogP contribution in [0.1, 0.15) is 12.0 Å². The van der Waals surface area contributed by atoms with Crippen LogP contribution in [0.25, 0.3) is 0 Å². The number of benzene rings is 1. The van der Waals surface area contributed by atoms with Crippen molar-refractivity contribution in [2.24, 2.45) is 4.99 Å². The summed E-state index contributed by atoms with van der Waals surface area (Å²) in [5.74, 6) is 0.754. The first-order chi connectivity index (χ1) is 12.9. The second-order valence-electron chi connectivity index (χ2n) is 6.40. The fourth-order valence-corrected chi connectivity index (χ4v) is 3.01. The van der Waals surface area contributed by atoms with Gasteiger partial charge in [-0.25, -0.2) is 0 Å². The smallest absolute Gasteiger partial charge is 0.369 e. The van der Waals surface area contributed by atoms with Crippen LogP contribution < -0.4 is 15.5 Å². The van der Waals surface area contributed by atoms with Crippen LogP contribution in [-0.2, 0) is 6.18 Å². The zero-order valence-electron chi connectivity index (χ0n) is 15.7. The molecular formula is C19H28F3N5. The van der Waals surface area contributed by atoms with Gasteiger partial charge in [0.15, 0.2) is 5.96 Å². The van der Waals surface area contributed by atoms with Crippen LogP contribution >= 0.6 is 0 Å². The normalized spacial score (nSPS) is 16.3. The number of nitrogens with one attached hydrogen (secondary N) is 2. The molecule has 0 spiro atoms. The molecule has 0 aromatic heterocycles. The Bertz CT molecular complexity index is 622. The van der Waals surface area contributed by atoms with Crippen molar-refractivity contribution < 1.29 is 13.2 Å². The highest BCUT2D eigenvalue weighted by molar-refractivity contribution is 5.79. The molecule has 1 aromatic rings.